The van der Waals surface area contributed by atoms with E-state index in [1.54, 1.807) is 0 Å². The van der Waals surface area contributed by atoms with Crippen molar-refractivity contribution < 1.29 is 39.8 Å². The maximum atomic E-state index is 12.9. The molecule has 1 saturated heterocycles. The lowest BCUT2D eigenvalue weighted by Gasteiger charge is -2.40. The van der Waals surface area contributed by atoms with E-state index in [0.29, 0.717) is 12.8 Å². The molecule has 6 N–H and O–H groups in total. The number of rotatable bonds is 36. The minimum absolute atomic E-state index is 0.132. The van der Waals surface area contributed by atoms with Crippen LogP contribution in [-0.4, -0.2) is 87.5 Å². The van der Waals surface area contributed by atoms with Crippen LogP contribution in [0.3, 0.4) is 0 Å². The van der Waals surface area contributed by atoms with Crippen molar-refractivity contribution >= 4 is 5.91 Å². The molecule has 0 spiro atoms. The summed E-state index contributed by atoms with van der Waals surface area (Å²) in [5.41, 5.74) is 0. The first kappa shape index (κ1) is 48.2. The van der Waals surface area contributed by atoms with Crippen molar-refractivity contribution in [2.24, 2.45) is 0 Å². The average molecular weight is 730 g/mol. The number of aliphatic hydroxyl groups excluding tert-OH is 5. The summed E-state index contributed by atoms with van der Waals surface area (Å²) in [5.74, 6) is -0.142. The maximum Gasteiger partial charge on any atom is 0.220 e. The van der Waals surface area contributed by atoms with E-state index >= 15 is 0 Å². The van der Waals surface area contributed by atoms with Crippen LogP contribution in [0.15, 0.2) is 0 Å². The summed E-state index contributed by atoms with van der Waals surface area (Å²) < 4.78 is 11.2. The third-order valence-electron chi connectivity index (χ3n) is 10.7. The molecule has 1 aliphatic heterocycles. The molecule has 51 heavy (non-hydrogen) atoms. The van der Waals surface area contributed by atoms with Gasteiger partial charge in [0.15, 0.2) is 6.29 Å². The fourth-order valence-corrected chi connectivity index (χ4v) is 7.16. The Morgan fingerprint density at radius 2 is 0.980 bits per heavy atom. The quantitative estimate of drug-likeness (QED) is 0.0353. The van der Waals surface area contributed by atoms with Gasteiger partial charge in [0.2, 0.25) is 5.91 Å². The summed E-state index contributed by atoms with van der Waals surface area (Å²) in [4.78, 5) is 12.9. The number of nitrogens with one attached hydrogen (secondary N) is 1. The molecule has 2 unspecified atom stereocenters. The van der Waals surface area contributed by atoms with Crippen LogP contribution in [0.5, 0.6) is 0 Å². The number of aliphatic hydroxyl groups is 5. The monoisotopic (exact) mass is 730 g/mol. The highest BCUT2D eigenvalue weighted by Crippen LogP contribution is 2.23. The number of unbranched alkanes of at least 4 members (excludes halogenated alkanes) is 26. The highest BCUT2D eigenvalue weighted by molar-refractivity contribution is 5.76. The van der Waals surface area contributed by atoms with Crippen molar-refractivity contribution in [3.05, 3.63) is 0 Å². The Labute approximate surface area is 313 Å². The van der Waals surface area contributed by atoms with Crippen LogP contribution >= 0.6 is 0 Å². The lowest BCUT2D eigenvalue weighted by atomic mass is 9.99. The molecule has 0 radical (unpaired) electrons. The molecule has 0 saturated carbocycles. The lowest BCUT2D eigenvalue weighted by molar-refractivity contribution is -0.302. The normalized spacial score (nSPS) is 21.9. The maximum absolute atomic E-state index is 12.9. The predicted molar refractivity (Wildman–Crippen MR) is 208 cm³/mol. The summed E-state index contributed by atoms with van der Waals surface area (Å²) in [6, 6.07) is -0.710. The minimum atomic E-state index is -1.55. The van der Waals surface area contributed by atoms with Crippen LogP contribution in [0.2, 0.25) is 0 Å². The number of carbonyl (C=O) groups excluding carboxylic acids is 1. The summed E-state index contributed by atoms with van der Waals surface area (Å²) in [5, 5.41) is 54.2. The molecule has 0 aromatic carbocycles. The largest absolute Gasteiger partial charge is 0.394 e. The van der Waals surface area contributed by atoms with Gasteiger partial charge < -0.3 is 40.3 Å². The molecule has 7 atom stereocenters. The molecule has 1 aliphatic rings. The Balaban J connectivity index is 2.35. The Kier molecular flexibility index (Phi) is 31.9. The summed E-state index contributed by atoms with van der Waals surface area (Å²) >= 11 is 0. The minimum Gasteiger partial charge on any atom is -0.394 e. The molecule has 1 heterocycles. The van der Waals surface area contributed by atoms with Gasteiger partial charge in [0, 0.05) is 6.42 Å². The van der Waals surface area contributed by atoms with Crippen molar-refractivity contribution in [1.29, 1.82) is 0 Å². The first-order chi connectivity index (χ1) is 24.8. The average Bonchev–Trinajstić information content (AvgIpc) is 3.13. The van der Waals surface area contributed by atoms with Crippen molar-refractivity contribution in [1.82, 2.24) is 5.32 Å². The van der Waals surface area contributed by atoms with Gasteiger partial charge in [-0.3, -0.25) is 4.79 Å². The molecule has 9 heteroatoms. The van der Waals surface area contributed by atoms with Crippen LogP contribution in [-0.2, 0) is 14.3 Å². The van der Waals surface area contributed by atoms with Crippen LogP contribution in [0.25, 0.3) is 0 Å². The van der Waals surface area contributed by atoms with Crippen molar-refractivity contribution in [2.75, 3.05) is 13.2 Å². The van der Waals surface area contributed by atoms with Gasteiger partial charge in [-0.05, 0) is 12.8 Å². The van der Waals surface area contributed by atoms with Crippen LogP contribution in [0.4, 0.5) is 0 Å². The highest BCUT2D eigenvalue weighted by atomic mass is 16.7. The fourth-order valence-electron chi connectivity index (χ4n) is 7.16. The van der Waals surface area contributed by atoms with E-state index in [9.17, 15) is 30.3 Å². The van der Waals surface area contributed by atoms with Crippen LogP contribution in [0, 0.1) is 0 Å². The molecule has 1 fully saturated rings. The molecule has 0 aliphatic carbocycles. The molecule has 0 aromatic heterocycles. The Bertz CT molecular complexity index is 771. The van der Waals surface area contributed by atoms with Gasteiger partial charge in [-0.25, -0.2) is 0 Å². The first-order valence-corrected chi connectivity index (χ1v) is 21.7. The molecule has 9 nitrogen and oxygen atoms in total. The van der Waals surface area contributed by atoms with Crippen molar-refractivity contribution in [3.8, 4) is 0 Å². The van der Waals surface area contributed by atoms with Gasteiger partial charge in [0.25, 0.3) is 0 Å². The zero-order chi connectivity index (χ0) is 37.4. The zero-order valence-electron chi connectivity index (χ0n) is 33.1. The van der Waals surface area contributed by atoms with E-state index in [4.69, 9.17) is 9.47 Å². The third-order valence-corrected chi connectivity index (χ3v) is 10.7. The van der Waals surface area contributed by atoms with Gasteiger partial charge in [-0.2, -0.15) is 0 Å². The first-order valence-electron chi connectivity index (χ1n) is 21.7. The molecule has 0 aromatic rings. The smallest absolute Gasteiger partial charge is 0.220 e. The fraction of sp³-hybridized carbons (Fsp3) is 0.976. The molecular formula is C42H83NO8. The van der Waals surface area contributed by atoms with E-state index in [-0.39, 0.29) is 12.5 Å². The van der Waals surface area contributed by atoms with E-state index < -0.39 is 49.5 Å². The molecule has 0 bridgehead atoms. The van der Waals surface area contributed by atoms with Gasteiger partial charge in [0.1, 0.15) is 24.4 Å². The highest BCUT2D eigenvalue weighted by Gasteiger charge is 2.44. The van der Waals surface area contributed by atoms with Gasteiger partial charge in [-0.1, -0.05) is 187 Å². The van der Waals surface area contributed by atoms with Crippen molar-refractivity contribution in [2.45, 2.75) is 249 Å². The van der Waals surface area contributed by atoms with E-state index in [1.165, 1.54) is 141 Å². The Hall–Kier alpha value is -0.810. The van der Waals surface area contributed by atoms with E-state index in [1.807, 2.05) is 0 Å². The van der Waals surface area contributed by atoms with Gasteiger partial charge >= 0.3 is 0 Å². The summed E-state index contributed by atoms with van der Waals surface area (Å²) in [7, 11) is 0. The molecule has 304 valence electrons. The topological polar surface area (TPSA) is 149 Å². The Morgan fingerprint density at radius 3 is 1.39 bits per heavy atom. The summed E-state index contributed by atoms with van der Waals surface area (Å²) in [6.07, 6.45) is 28.2. The standard InChI is InChI=1S/C42H83NO8/c1-3-5-7-9-11-13-15-17-18-20-22-24-26-28-30-32-38(46)43-35(34-50-42-41(49)40(48)39(47)37(33-44)51-42)36(45)31-29-27-25-23-21-19-16-14-12-10-8-6-4-2/h35-37,39-42,44-45,47-49H,3-34H2,1-2H3,(H,43,46)/t35-,36+,37+,39+,40?,41?,42+/m0/s1. The lowest BCUT2D eigenvalue weighted by Crippen LogP contribution is -2.60. The number of hydrogen-bond acceptors (Lipinski definition) is 8. The number of ether oxygens (including phenoxy) is 2. The number of carbonyl (C=O) groups is 1. The second-order valence-corrected chi connectivity index (χ2v) is 15.5. The van der Waals surface area contributed by atoms with E-state index in [2.05, 4.69) is 19.2 Å². The molecule has 1 amide bonds. The van der Waals surface area contributed by atoms with Gasteiger partial charge in [0.05, 0.1) is 25.4 Å². The predicted octanol–water partition coefficient (Wildman–Crippen LogP) is 8.39. The second-order valence-electron chi connectivity index (χ2n) is 15.5. The van der Waals surface area contributed by atoms with Crippen LogP contribution < -0.4 is 5.32 Å². The second kappa shape index (κ2) is 33.7. The van der Waals surface area contributed by atoms with Crippen molar-refractivity contribution in [3.63, 3.8) is 0 Å². The number of amides is 1. The number of hydrogen-bond donors (Lipinski definition) is 6. The van der Waals surface area contributed by atoms with Crippen LogP contribution in [0.1, 0.15) is 206 Å². The SMILES string of the molecule is CCCCCCCCCCCCCCCCCC(=O)N[C@@H](CO[C@@H]1O[C@H](CO)[C@@H](O)C(O)C1O)[C@H](O)CCCCCCCCCCCCCCC. The summed E-state index contributed by atoms with van der Waals surface area (Å²) in [6.45, 7) is 3.83. The van der Waals surface area contributed by atoms with E-state index in [0.717, 1.165) is 38.5 Å². The molecular weight excluding hydrogens is 646 g/mol. The Morgan fingerprint density at radius 1 is 0.588 bits per heavy atom. The molecule has 1 rings (SSSR count). The zero-order valence-corrected chi connectivity index (χ0v) is 33.1. The van der Waals surface area contributed by atoms with Gasteiger partial charge in [-0.15, -0.1) is 0 Å². The third kappa shape index (κ3) is 25.0.